The number of carbonyl (C=O) groups excluding carboxylic acids is 2. The smallest absolute Gasteiger partial charge is 0.449 e. The van der Waals surface area contributed by atoms with Gasteiger partial charge in [0.15, 0.2) is 0 Å². The zero-order valence-electron chi connectivity index (χ0n) is 9.45. The number of nitrogens with two attached hydrogens (primary N) is 1. The van der Waals surface area contributed by atoms with Gasteiger partial charge in [-0.25, -0.2) is 4.79 Å². The maximum atomic E-state index is 12.1. The maximum Gasteiger partial charge on any atom is 0.490 e. The third-order valence-corrected chi connectivity index (χ3v) is 2.64. The van der Waals surface area contributed by atoms with Crippen molar-refractivity contribution in [3.63, 3.8) is 0 Å². The van der Waals surface area contributed by atoms with Crippen LogP contribution in [0.3, 0.4) is 0 Å². The van der Waals surface area contributed by atoms with Crippen LogP contribution in [-0.4, -0.2) is 24.6 Å². The fraction of sp³-hybridized carbons (Fsp3) is 0.273. The summed E-state index contributed by atoms with van der Waals surface area (Å²) in [5.41, 5.74) is 6.10. The molecular weight excluding hydrogens is 265 g/mol. The lowest BCUT2D eigenvalue weighted by Gasteiger charge is -2.13. The second kappa shape index (κ2) is 4.45. The minimum atomic E-state index is -5.03. The van der Waals surface area contributed by atoms with Crippen LogP contribution in [0.1, 0.15) is 22.0 Å². The molecule has 1 amide bonds. The van der Waals surface area contributed by atoms with Crippen LogP contribution in [0.25, 0.3) is 0 Å². The molecule has 1 aromatic carbocycles. The van der Waals surface area contributed by atoms with Crippen molar-refractivity contribution >= 4 is 17.6 Å². The van der Waals surface area contributed by atoms with Crippen LogP contribution in [0.15, 0.2) is 18.2 Å². The number of hydrogen-bond acceptors (Lipinski definition) is 4. The zero-order valence-corrected chi connectivity index (χ0v) is 9.45. The fourth-order valence-corrected chi connectivity index (χ4v) is 1.76. The average Bonchev–Trinajstić information content (AvgIpc) is 2.70. The highest BCUT2D eigenvalue weighted by Gasteiger charge is 2.43. The zero-order chi connectivity index (χ0) is 14.2. The molecule has 0 spiro atoms. The van der Waals surface area contributed by atoms with Gasteiger partial charge in [-0.1, -0.05) is 6.07 Å². The van der Waals surface area contributed by atoms with E-state index in [9.17, 15) is 22.8 Å². The van der Waals surface area contributed by atoms with Gasteiger partial charge in [-0.3, -0.25) is 4.79 Å². The molecular formula is C11H9F3N2O3. The van der Waals surface area contributed by atoms with Gasteiger partial charge in [0.05, 0.1) is 6.54 Å². The molecule has 102 valence electrons. The Morgan fingerprint density at radius 1 is 1.37 bits per heavy atom. The van der Waals surface area contributed by atoms with Gasteiger partial charge in [0.1, 0.15) is 6.10 Å². The van der Waals surface area contributed by atoms with E-state index in [-0.39, 0.29) is 12.1 Å². The molecule has 0 aromatic heterocycles. The van der Waals surface area contributed by atoms with Crippen LogP contribution in [0.4, 0.5) is 18.9 Å². The van der Waals surface area contributed by atoms with Gasteiger partial charge < -0.3 is 15.8 Å². The topological polar surface area (TPSA) is 81.4 Å². The number of fused-ring (bicyclic) bond motifs is 1. The number of hydrogen-bond donors (Lipinski definition) is 2. The van der Waals surface area contributed by atoms with Crippen LogP contribution in [-0.2, 0) is 9.53 Å². The molecule has 2 rings (SSSR count). The molecule has 3 N–H and O–H groups in total. The molecule has 8 heteroatoms. The highest BCUT2D eigenvalue weighted by atomic mass is 19.4. The average molecular weight is 274 g/mol. The van der Waals surface area contributed by atoms with E-state index in [0.717, 1.165) is 0 Å². The molecule has 1 aliphatic heterocycles. The van der Waals surface area contributed by atoms with E-state index in [0.29, 0.717) is 11.3 Å². The van der Waals surface area contributed by atoms with Crippen LogP contribution in [0, 0.1) is 0 Å². The molecule has 0 saturated heterocycles. The van der Waals surface area contributed by atoms with Gasteiger partial charge in [-0.2, -0.15) is 13.2 Å². The monoisotopic (exact) mass is 274 g/mol. The number of benzene rings is 1. The number of alkyl halides is 3. The number of ether oxygens (including phenoxy) is 1. The Kier molecular flexibility index (Phi) is 3.09. The van der Waals surface area contributed by atoms with Crippen LogP contribution < -0.4 is 11.1 Å². The lowest BCUT2D eigenvalue weighted by molar-refractivity contribution is -0.204. The lowest BCUT2D eigenvalue weighted by atomic mass is 10.1. The Bertz CT molecular complexity index is 542. The summed E-state index contributed by atoms with van der Waals surface area (Å²) in [4.78, 5) is 21.7. The summed E-state index contributed by atoms with van der Waals surface area (Å²) >= 11 is 0. The molecule has 1 heterocycles. The van der Waals surface area contributed by atoms with Crippen molar-refractivity contribution in [3.05, 3.63) is 29.3 Å². The molecule has 0 fully saturated rings. The van der Waals surface area contributed by atoms with Crippen molar-refractivity contribution < 1.29 is 27.5 Å². The quantitative estimate of drug-likeness (QED) is 0.798. The Labute approximate surface area is 105 Å². The predicted molar refractivity (Wildman–Crippen MR) is 58.3 cm³/mol. The van der Waals surface area contributed by atoms with Gasteiger partial charge >= 0.3 is 12.1 Å². The predicted octanol–water partition coefficient (Wildman–Crippen LogP) is 1.36. The lowest BCUT2D eigenvalue weighted by Crippen LogP contribution is -2.27. The summed E-state index contributed by atoms with van der Waals surface area (Å²) in [5.74, 6) is -2.90. The highest BCUT2D eigenvalue weighted by Crippen LogP contribution is 2.34. The standard InChI is InChI=1S/C11H9F3N2O3/c12-11(13,14)10(18)19-8-4-16-7-3-5(9(15)17)1-2-6(7)8/h1-3,8,16H,4H2,(H2,15,17). The minimum Gasteiger partial charge on any atom is -0.449 e. The molecule has 0 saturated carbocycles. The van der Waals surface area contributed by atoms with Gasteiger partial charge in [-0.15, -0.1) is 0 Å². The third kappa shape index (κ3) is 2.61. The Morgan fingerprint density at radius 3 is 2.63 bits per heavy atom. The number of nitrogens with one attached hydrogen (secondary N) is 1. The number of esters is 1. The molecule has 1 unspecified atom stereocenters. The van der Waals surface area contributed by atoms with E-state index < -0.39 is 24.2 Å². The van der Waals surface area contributed by atoms with E-state index in [2.05, 4.69) is 10.1 Å². The summed E-state index contributed by atoms with van der Waals surface area (Å²) < 4.78 is 40.6. The second-order valence-corrected chi connectivity index (χ2v) is 3.94. The van der Waals surface area contributed by atoms with Gasteiger partial charge in [0.2, 0.25) is 5.91 Å². The first-order valence-corrected chi connectivity index (χ1v) is 5.24. The normalized spacial score (nSPS) is 17.5. The molecule has 1 aliphatic rings. The van der Waals surface area contributed by atoms with E-state index in [4.69, 9.17) is 5.73 Å². The van der Waals surface area contributed by atoms with E-state index in [1.54, 1.807) is 0 Å². The summed E-state index contributed by atoms with van der Waals surface area (Å²) in [6, 6.07) is 4.17. The summed E-state index contributed by atoms with van der Waals surface area (Å²) in [6.07, 6.45) is -6.07. The van der Waals surface area contributed by atoms with Crippen LogP contribution in [0.2, 0.25) is 0 Å². The van der Waals surface area contributed by atoms with Crippen molar-refractivity contribution in [2.75, 3.05) is 11.9 Å². The van der Waals surface area contributed by atoms with Crippen molar-refractivity contribution in [2.24, 2.45) is 5.73 Å². The molecule has 0 bridgehead atoms. The molecule has 5 nitrogen and oxygen atoms in total. The Hall–Kier alpha value is -2.25. The summed E-state index contributed by atoms with van der Waals surface area (Å²) in [7, 11) is 0. The first kappa shape index (κ1) is 13.2. The third-order valence-electron chi connectivity index (χ3n) is 2.64. The minimum absolute atomic E-state index is 0.0133. The number of anilines is 1. The van der Waals surface area contributed by atoms with E-state index in [1.807, 2.05) is 0 Å². The SMILES string of the molecule is NC(=O)c1ccc2c(c1)NCC2OC(=O)C(F)(F)F. The first-order chi connectivity index (χ1) is 8.79. The summed E-state index contributed by atoms with van der Waals surface area (Å²) in [6.45, 7) is 0.0133. The van der Waals surface area contributed by atoms with Gasteiger partial charge in [0.25, 0.3) is 0 Å². The number of rotatable bonds is 2. The summed E-state index contributed by atoms with van der Waals surface area (Å²) in [5, 5.41) is 2.75. The molecule has 0 aliphatic carbocycles. The fourth-order valence-electron chi connectivity index (χ4n) is 1.76. The highest BCUT2D eigenvalue weighted by molar-refractivity contribution is 5.94. The maximum absolute atomic E-state index is 12.1. The second-order valence-electron chi connectivity index (χ2n) is 3.94. The molecule has 19 heavy (non-hydrogen) atoms. The molecule has 0 radical (unpaired) electrons. The number of halogens is 3. The number of amides is 1. The molecule has 1 atom stereocenters. The van der Waals surface area contributed by atoms with Crippen LogP contribution >= 0.6 is 0 Å². The number of carbonyl (C=O) groups is 2. The Balaban J connectivity index is 2.19. The van der Waals surface area contributed by atoms with Crippen molar-refractivity contribution in [1.29, 1.82) is 0 Å². The van der Waals surface area contributed by atoms with Crippen LogP contribution in [0.5, 0.6) is 0 Å². The Morgan fingerprint density at radius 2 is 2.05 bits per heavy atom. The number of primary amides is 1. The van der Waals surface area contributed by atoms with Gasteiger partial charge in [-0.05, 0) is 12.1 Å². The van der Waals surface area contributed by atoms with Gasteiger partial charge in [0, 0.05) is 16.8 Å². The largest absolute Gasteiger partial charge is 0.490 e. The first-order valence-electron chi connectivity index (χ1n) is 5.24. The van der Waals surface area contributed by atoms with E-state index >= 15 is 0 Å². The van der Waals surface area contributed by atoms with Crippen molar-refractivity contribution in [2.45, 2.75) is 12.3 Å². The van der Waals surface area contributed by atoms with Crippen molar-refractivity contribution in [3.8, 4) is 0 Å². The molecule has 1 aromatic rings. The van der Waals surface area contributed by atoms with Crippen molar-refractivity contribution in [1.82, 2.24) is 0 Å². The van der Waals surface area contributed by atoms with E-state index in [1.165, 1.54) is 18.2 Å².